The molecule has 1 aliphatic heterocycles. The highest BCUT2D eigenvalue weighted by Gasteiger charge is 2.25. The Morgan fingerprint density at radius 3 is 2.67 bits per heavy atom. The van der Waals surface area contributed by atoms with Crippen molar-refractivity contribution < 1.29 is 14.3 Å². The molecule has 144 valence electrons. The molecule has 3 rings (SSSR count). The summed E-state index contributed by atoms with van der Waals surface area (Å²) in [5.74, 6) is -0.883. The van der Waals surface area contributed by atoms with Crippen molar-refractivity contribution in [3.05, 3.63) is 45.6 Å². The van der Waals surface area contributed by atoms with Crippen LogP contribution in [0, 0.1) is 0 Å². The van der Waals surface area contributed by atoms with Crippen LogP contribution in [0.5, 0.6) is 5.75 Å². The van der Waals surface area contributed by atoms with E-state index in [1.54, 1.807) is 29.5 Å². The van der Waals surface area contributed by atoms with Gasteiger partial charge in [-0.15, -0.1) is 0 Å². The lowest BCUT2D eigenvalue weighted by Crippen LogP contribution is -2.41. The minimum atomic E-state index is -0.721. The summed E-state index contributed by atoms with van der Waals surface area (Å²) in [4.78, 5) is 26.8. The fourth-order valence-electron chi connectivity index (χ4n) is 3.18. The van der Waals surface area contributed by atoms with Gasteiger partial charge in [0.25, 0.3) is 0 Å². The van der Waals surface area contributed by atoms with Crippen LogP contribution in [0.1, 0.15) is 24.4 Å². The zero-order valence-electron chi connectivity index (χ0n) is 15.0. The molecule has 27 heavy (non-hydrogen) atoms. The predicted molar refractivity (Wildman–Crippen MR) is 108 cm³/mol. The number of halogens is 1. The maximum absolute atomic E-state index is 12.2. The molecule has 0 aliphatic carbocycles. The SMILES string of the molecule is COc1ccc(NC(=O)C(=O)NCC(c2ccsc2)N2CCCC2)cc1Cl. The Morgan fingerprint density at radius 1 is 1.26 bits per heavy atom. The van der Waals surface area contributed by atoms with E-state index in [2.05, 4.69) is 27.0 Å². The maximum atomic E-state index is 12.2. The fourth-order valence-corrected chi connectivity index (χ4v) is 4.14. The number of rotatable bonds is 6. The van der Waals surface area contributed by atoms with Crippen molar-refractivity contribution in [3.63, 3.8) is 0 Å². The lowest BCUT2D eigenvalue weighted by atomic mass is 10.1. The third-order valence-electron chi connectivity index (χ3n) is 4.58. The highest BCUT2D eigenvalue weighted by atomic mass is 35.5. The molecular weight excluding hydrogens is 386 g/mol. The van der Waals surface area contributed by atoms with E-state index in [-0.39, 0.29) is 6.04 Å². The normalized spacial score (nSPS) is 15.3. The van der Waals surface area contributed by atoms with Crippen LogP contribution in [0.3, 0.4) is 0 Å². The number of benzene rings is 1. The molecule has 2 amide bonds. The van der Waals surface area contributed by atoms with Crippen LogP contribution < -0.4 is 15.4 Å². The van der Waals surface area contributed by atoms with Gasteiger partial charge in [-0.3, -0.25) is 14.5 Å². The summed E-state index contributed by atoms with van der Waals surface area (Å²) < 4.78 is 5.07. The van der Waals surface area contributed by atoms with Gasteiger partial charge in [0, 0.05) is 12.2 Å². The highest BCUT2D eigenvalue weighted by Crippen LogP contribution is 2.27. The van der Waals surface area contributed by atoms with Gasteiger partial charge in [-0.05, 0) is 66.5 Å². The quantitative estimate of drug-likeness (QED) is 0.721. The average molecular weight is 408 g/mol. The van der Waals surface area contributed by atoms with Gasteiger partial charge in [0.2, 0.25) is 0 Å². The van der Waals surface area contributed by atoms with Crippen molar-refractivity contribution in [1.82, 2.24) is 10.2 Å². The van der Waals surface area contributed by atoms with Gasteiger partial charge in [0.05, 0.1) is 18.2 Å². The third-order valence-corrected chi connectivity index (χ3v) is 5.58. The fraction of sp³-hybridized carbons (Fsp3) is 0.368. The Kier molecular flexibility index (Phi) is 6.71. The number of methoxy groups -OCH3 is 1. The van der Waals surface area contributed by atoms with Crippen LogP contribution in [0.25, 0.3) is 0 Å². The number of ether oxygens (including phenoxy) is 1. The van der Waals surface area contributed by atoms with E-state index in [0.29, 0.717) is 23.0 Å². The molecule has 6 nitrogen and oxygen atoms in total. The summed E-state index contributed by atoms with van der Waals surface area (Å²) in [6.45, 7) is 2.41. The third kappa shape index (κ3) is 5.00. The van der Waals surface area contributed by atoms with Gasteiger partial charge < -0.3 is 15.4 Å². The molecule has 0 spiro atoms. The number of carbonyl (C=O) groups excluding carboxylic acids is 2. The predicted octanol–water partition coefficient (Wildman–Crippen LogP) is 3.30. The van der Waals surface area contributed by atoms with Crippen molar-refractivity contribution in [3.8, 4) is 5.75 Å². The molecule has 1 aromatic carbocycles. The Balaban J connectivity index is 1.58. The molecule has 1 atom stereocenters. The number of carbonyl (C=O) groups is 2. The summed E-state index contributed by atoms with van der Waals surface area (Å²) in [5.41, 5.74) is 1.61. The molecule has 2 N–H and O–H groups in total. The van der Waals surface area contributed by atoms with Crippen molar-refractivity contribution in [2.24, 2.45) is 0 Å². The molecule has 8 heteroatoms. The van der Waals surface area contributed by atoms with Crippen molar-refractivity contribution in [1.29, 1.82) is 0 Å². The number of anilines is 1. The molecule has 2 aromatic rings. The van der Waals surface area contributed by atoms with E-state index >= 15 is 0 Å². The molecule has 2 heterocycles. The summed E-state index contributed by atoms with van der Waals surface area (Å²) in [6.07, 6.45) is 2.32. The number of likely N-dealkylation sites (tertiary alicyclic amines) is 1. The summed E-state index contributed by atoms with van der Waals surface area (Å²) in [5, 5.41) is 9.80. The number of nitrogens with one attached hydrogen (secondary N) is 2. The molecular formula is C19H22ClN3O3S. The Hall–Kier alpha value is -2.09. The maximum Gasteiger partial charge on any atom is 0.313 e. The van der Waals surface area contributed by atoms with Crippen LogP contribution in [0.4, 0.5) is 5.69 Å². The zero-order valence-corrected chi connectivity index (χ0v) is 16.6. The first-order chi connectivity index (χ1) is 13.1. The van der Waals surface area contributed by atoms with Gasteiger partial charge in [-0.1, -0.05) is 11.6 Å². The second-order valence-corrected chi connectivity index (χ2v) is 7.52. The number of thiophene rings is 1. The molecule has 1 aromatic heterocycles. The summed E-state index contributed by atoms with van der Waals surface area (Å²) >= 11 is 7.68. The van der Waals surface area contributed by atoms with Crippen LogP contribution in [0.2, 0.25) is 5.02 Å². The number of nitrogens with zero attached hydrogens (tertiary/aromatic N) is 1. The van der Waals surface area contributed by atoms with Crippen LogP contribution in [-0.4, -0.2) is 43.5 Å². The van der Waals surface area contributed by atoms with E-state index in [9.17, 15) is 9.59 Å². The van der Waals surface area contributed by atoms with Gasteiger partial charge in [0.15, 0.2) is 0 Å². The van der Waals surface area contributed by atoms with Gasteiger partial charge in [-0.2, -0.15) is 11.3 Å². The van der Waals surface area contributed by atoms with E-state index in [1.165, 1.54) is 12.7 Å². The second-order valence-electron chi connectivity index (χ2n) is 6.33. The molecule has 0 bridgehead atoms. The van der Waals surface area contributed by atoms with E-state index in [4.69, 9.17) is 16.3 Å². The van der Waals surface area contributed by atoms with E-state index in [0.717, 1.165) is 25.9 Å². The van der Waals surface area contributed by atoms with Crippen molar-refractivity contribution >= 4 is 40.4 Å². The Labute approximate surface area is 167 Å². The van der Waals surface area contributed by atoms with Gasteiger partial charge >= 0.3 is 11.8 Å². The standard InChI is InChI=1S/C19H22ClN3O3S/c1-26-17-5-4-14(10-15(17)20)22-19(25)18(24)21-11-16(13-6-9-27-12-13)23-7-2-3-8-23/h4-6,9-10,12,16H,2-3,7-8,11H2,1H3,(H,21,24)(H,22,25). The Morgan fingerprint density at radius 2 is 2.04 bits per heavy atom. The van der Waals surface area contributed by atoms with Crippen LogP contribution >= 0.6 is 22.9 Å². The number of amides is 2. The smallest absolute Gasteiger partial charge is 0.313 e. The minimum Gasteiger partial charge on any atom is -0.495 e. The highest BCUT2D eigenvalue weighted by molar-refractivity contribution is 7.08. The van der Waals surface area contributed by atoms with Gasteiger partial charge in [-0.25, -0.2) is 0 Å². The first-order valence-corrected chi connectivity index (χ1v) is 10.1. The van der Waals surface area contributed by atoms with Gasteiger partial charge in [0.1, 0.15) is 5.75 Å². The minimum absolute atomic E-state index is 0.0888. The van der Waals surface area contributed by atoms with E-state index < -0.39 is 11.8 Å². The number of hydrogen-bond acceptors (Lipinski definition) is 5. The summed E-state index contributed by atoms with van der Waals surface area (Å²) in [6, 6.07) is 6.97. The second kappa shape index (κ2) is 9.21. The molecule has 1 fully saturated rings. The summed E-state index contributed by atoms with van der Waals surface area (Å²) in [7, 11) is 1.51. The topological polar surface area (TPSA) is 70.7 Å². The lowest BCUT2D eigenvalue weighted by Gasteiger charge is -2.27. The first-order valence-electron chi connectivity index (χ1n) is 8.77. The zero-order chi connectivity index (χ0) is 19.2. The Bertz CT molecular complexity index is 792. The largest absolute Gasteiger partial charge is 0.495 e. The first kappa shape index (κ1) is 19.7. The molecule has 1 saturated heterocycles. The van der Waals surface area contributed by atoms with E-state index in [1.807, 2.05) is 5.38 Å². The number of hydrogen-bond donors (Lipinski definition) is 2. The monoisotopic (exact) mass is 407 g/mol. The van der Waals surface area contributed by atoms with Crippen molar-refractivity contribution in [2.45, 2.75) is 18.9 Å². The van der Waals surface area contributed by atoms with Crippen LogP contribution in [-0.2, 0) is 9.59 Å². The molecule has 0 radical (unpaired) electrons. The molecule has 1 aliphatic rings. The van der Waals surface area contributed by atoms with Crippen LogP contribution in [0.15, 0.2) is 35.0 Å². The molecule has 0 saturated carbocycles. The van der Waals surface area contributed by atoms with Crippen molar-refractivity contribution in [2.75, 3.05) is 32.1 Å². The lowest BCUT2D eigenvalue weighted by molar-refractivity contribution is -0.136. The molecule has 1 unspecified atom stereocenters. The average Bonchev–Trinajstić information content (AvgIpc) is 3.36.